The van der Waals surface area contributed by atoms with E-state index in [0.29, 0.717) is 27.6 Å². The van der Waals surface area contributed by atoms with E-state index >= 15 is 0 Å². The summed E-state index contributed by atoms with van der Waals surface area (Å²) in [5, 5.41) is 1.17. The number of aromatic nitrogens is 1. The molecular weight excluding hydrogens is 422 g/mol. The van der Waals surface area contributed by atoms with Crippen molar-refractivity contribution in [2.45, 2.75) is 25.6 Å². The van der Waals surface area contributed by atoms with Gasteiger partial charge >= 0.3 is 11.9 Å². The molecule has 1 atom stereocenters. The molecule has 1 aromatic heterocycles. The lowest BCUT2D eigenvalue weighted by Gasteiger charge is -2.36. The molecule has 162 valence electrons. The zero-order valence-corrected chi connectivity index (χ0v) is 18.3. The Kier molecular flexibility index (Phi) is 5.31. The second-order valence-corrected chi connectivity index (χ2v) is 8.12. The fourth-order valence-electron chi connectivity index (χ4n) is 3.99. The molecule has 0 saturated carbocycles. The molecule has 0 bridgehead atoms. The van der Waals surface area contributed by atoms with Crippen molar-refractivity contribution in [3.8, 4) is 11.5 Å². The number of para-hydroxylation sites is 1. The van der Waals surface area contributed by atoms with Crippen LogP contribution < -0.4 is 9.47 Å². The van der Waals surface area contributed by atoms with Crippen LogP contribution in [0.25, 0.3) is 10.9 Å². The molecule has 31 heavy (non-hydrogen) atoms. The third-order valence-corrected chi connectivity index (χ3v) is 5.66. The molecule has 0 unspecified atom stereocenters. The second kappa shape index (κ2) is 7.81. The Hall–Kier alpha value is -3.19. The quantitative estimate of drug-likeness (QED) is 0.464. The molecule has 3 aromatic rings. The minimum Gasteiger partial charge on any atom is -0.493 e. The van der Waals surface area contributed by atoms with E-state index in [9.17, 15) is 9.59 Å². The summed E-state index contributed by atoms with van der Waals surface area (Å²) in [4.78, 5) is 29.2. The van der Waals surface area contributed by atoms with E-state index in [4.69, 9.17) is 30.5 Å². The van der Waals surface area contributed by atoms with Crippen LogP contribution in [0.4, 0.5) is 0 Å². The number of cyclic esters (lactones) is 2. The average molecular weight is 444 g/mol. The van der Waals surface area contributed by atoms with Crippen molar-refractivity contribution in [3.05, 3.63) is 58.7 Å². The number of rotatable bonds is 5. The van der Waals surface area contributed by atoms with Crippen molar-refractivity contribution in [1.29, 1.82) is 0 Å². The van der Waals surface area contributed by atoms with E-state index in [1.54, 1.807) is 18.3 Å². The van der Waals surface area contributed by atoms with E-state index < -0.39 is 29.6 Å². The number of carbonyl (C=O) groups excluding carboxylic acids is 2. The molecule has 2 aromatic carbocycles. The molecule has 1 aliphatic heterocycles. The molecule has 1 saturated heterocycles. The number of aromatic amines is 1. The van der Waals surface area contributed by atoms with Gasteiger partial charge in [-0.2, -0.15) is 0 Å². The number of ether oxygens (including phenoxy) is 4. The first-order valence-corrected chi connectivity index (χ1v) is 10.1. The van der Waals surface area contributed by atoms with E-state index in [2.05, 4.69) is 4.98 Å². The van der Waals surface area contributed by atoms with Gasteiger partial charge in [0, 0.05) is 48.0 Å². The second-order valence-electron chi connectivity index (χ2n) is 7.72. The summed E-state index contributed by atoms with van der Waals surface area (Å²) in [6.07, 6.45) is 1.77. The predicted octanol–water partition coefficient (Wildman–Crippen LogP) is 4.42. The van der Waals surface area contributed by atoms with Crippen LogP contribution >= 0.6 is 11.6 Å². The van der Waals surface area contributed by atoms with Crippen LogP contribution in [0.15, 0.2) is 42.6 Å². The van der Waals surface area contributed by atoms with Crippen molar-refractivity contribution in [1.82, 2.24) is 4.98 Å². The molecule has 1 aliphatic rings. The van der Waals surface area contributed by atoms with Gasteiger partial charge in [-0.15, -0.1) is 0 Å². The smallest absolute Gasteiger partial charge is 0.324 e. The Balaban J connectivity index is 1.95. The van der Waals surface area contributed by atoms with Gasteiger partial charge in [0.05, 0.1) is 14.2 Å². The summed E-state index contributed by atoms with van der Waals surface area (Å²) in [6.45, 7) is 3.03. The maximum absolute atomic E-state index is 13.0. The molecular formula is C23H22ClNO6. The summed E-state index contributed by atoms with van der Waals surface area (Å²) in [5.74, 6) is -3.86. The fourth-order valence-corrected chi connectivity index (χ4v) is 4.26. The SMILES string of the molecule is COc1cc(Cl)c([C@@H](c2c[nH]c3ccccc23)C2C(=O)OC(C)(C)OC2=O)cc1OC. The number of nitrogens with one attached hydrogen (secondary N) is 1. The minimum atomic E-state index is -1.34. The molecule has 0 radical (unpaired) electrons. The zero-order chi connectivity index (χ0) is 22.3. The topological polar surface area (TPSA) is 86.9 Å². The maximum atomic E-state index is 13.0. The zero-order valence-electron chi connectivity index (χ0n) is 17.5. The molecule has 1 N–H and O–H groups in total. The Bertz CT molecular complexity index is 1150. The molecule has 0 spiro atoms. The van der Waals surface area contributed by atoms with Crippen molar-refractivity contribution < 1.29 is 28.5 Å². The van der Waals surface area contributed by atoms with E-state index in [0.717, 1.165) is 10.9 Å². The molecule has 1 fully saturated rings. The lowest BCUT2D eigenvalue weighted by atomic mass is 9.79. The van der Waals surface area contributed by atoms with Crippen LogP contribution in [0.1, 0.15) is 30.9 Å². The third kappa shape index (κ3) is 3.70. The van der Waals surface area contributed by atoms with Gasteiger partial charge in [-0.3, -0.25) is 9.59 Å². The number of halogens is 1. The number of carbonyl (C=O) groups is 2. The highest BCUT2D eigenvalue weighted by Gasteiger charge is 2.49. The summed E-state index contributed by atoms with van der Waals surface area (Å²) >= 11 is 6.62. The summed E-state index contributed by atoms with van der Waals surface area (Å²) in [6, 6.07) is 10.9. The highest BCUT2D eigenvalue weighted by Crippen LogP contribution is 2.45. The number of methoxy groups -OCH3 is 2. The Morgan fingerprint density at radius 1 is 1.00 bits per heavy atom. The van der Waals surface area contributed by atoms with E-state index in [-0.39, 0.29) is 0 Å². The van der Waals surface area contributed by atoms with Gasteiger partial charge < -0.3 is 23.9 Å². The monoisotopic (exact) mass is 443 g/mol. The van der Waals surface area contributed by atoms with Crippen LogP contribution in [0.5, 0.6) is 11.5 Å². The first kappa shape index (κ1) is 21.1. The van der Waals surface area contributed by atoms with Crippen LogP contribution in [0.2, 0.25) is 5.02 Å². The molecule has 7 nitrogen and oxygen atoms in total. The molecule has 0 amide bonds. The first-order chi connectivity index (χ1) is 14.8. The van der Waals surface area contributed by atoms with Crippen LogP contribution in [0.3, 0.4) is 0 Å². The lowest BCUT2D eigenvalue weighted by Crippen LogP contribution is -2.48. The summed E-state index contributed by atoms with van der Waals surface area (Å²) in [5.41, 5.74) is 2.09. The number of H-pyrrole nitrogens is 1. The Morgan fingerprint density at radius 3 is 2.26 bits per heavy atom. The van der Waals surface area contributed by atoms with Crippen LogP contribution in [-0.4, -0.2) is 36.9 Å². The van der Waals surface area contributed by atoms with Crippen molar-refractivity contribution in [2.75, 3.05) is 14.2 Å². The first-order valence-electron chi connectivity index (χ1n) is 9.69. The number of hydrogen-bond acceptors (Lipinski definition) is 6. The molecule has 0 aliphatic carbocycles. The highest BCUT2D eigenvalue weighted by molar-refractivity contribution is 6.31. The van der Waals surface area contributed by atoms with E-state index in [1.165, 1.54) is 28.1 Å². The standard InChI is InChI=1S/C23H22ClNO6/c1-23(2)30-21(26)20(22(27)31-23)19(14-11-25-16-8-6-5-7-12(14)16)13-9-17(28-3)18(29-4)10-15(13)24/h5-11,19-20,25H,1-4H3/t19-/m0/s1. The Morgan fingerprint density at radius 2 is 1.61 bits per heavy atom. The van der Waals surface area contributed by atoms with Gasteiger partial charge in [-0.25, -0.2) is 0 Å². The molecule has 2 heterocycles. The number of fused-ring (bicyclic) bond motifs is 1. The highest BCUT2D eigenvalue weighted by atomic mass is 35.5. The number of esters is 2. The van der Waals surface area contributed by atoms with Gasteiger partial charge in [-0.1, -0.05) is 29.8 Å². The number of hydrogen-bond donors (Lipinski definition) is 1. The van der Waals surface area contributed by atoms with Crippen molar-refractivity contribution in [3.63, 3.8) is 0 Å². The fraction of sp³-hybridized carbons (Fsp3) is 0.304. The molecule has 8 heteroatoms. The largest absolute Gasteiger partial charge is 0.493 e. The van der Waals surface area contributed by atoms with Gasteiger partial charge in [0.15, 0.2) is 17.4 Å². The molecule has 4 rings (SSSR count). The van der Waals surface area contributed by atoms with Crippen molar-refractivity contribution >= 4 is 34.4 Å². The third-order valence-electron chi connectivity index (χ3n) is 5.33. The Labute approximate surface area is 184 Å². The van der Waals surface area contributed by atoms with Gasteiger partial charge in [0.1, 0.15) is 0 Å². The lowest BCUT2D eigenvalue weighted by molar-refractivity contribution is -0.240. The van der Waals surface area contributed by atoms with Crippen LogP contribution in [-0.2, 0) is 19.1 Å². The normalized spacial score (nSPS) is 17.2. The minimum absolute atomic E-state index is 0.318. The summed E-state index contributed by atoms with van der Waals surface area (Å²) < 4.78 is 21.6. The average Bonchev–Trinajstić information content (AvgIpc) is 3.14. The van der Waals surface area contributed by atoms with Crippen molar-refractivity contribution in [2.24, 2.45) is 5.92 Å². The van der Waals surface area contributed by atoms with E-state index in [1.807, 2.05) is 24.3 Å². The van der Waals surface area contributed by atoms with Crippen LogP contribution in [0, 0.1) is 5.92 Å². The number of benzene rings is 2. The summed E-state index contributed by atoms with van der Waals surface area (Å²) in [7, 11) is 3.00. The maximum Gasteiger partial charge on any atom is 0.324 e. The van der Waals surface area contributed by atoms with Gasteiger partial charge in [0.25, 0.3) is 5.79 Å². The predicted molar refractivity (Wildman–Crippen MR) is 114 cm³/mol. The van der Waals surface area contributed by atoms with Gasteiger partial charge in [0.2, 0.25) is 0 Å². The van der Waals surface area contributed by atoms with Gasteiger partial charge in [-0.05, 0) is 23.3 Å².